The van der Waals surface area contributed by atoms with Gasteiger partial charge < -0.3 is 5.11 Å². The van der Waals surface area contributed by atoms with E-state index in [4.69, 9.17) is 5.11 Å². The fraction of sp³-hybridized carbons (Fsp3) is 0.909. The maximum absolute atomic E-state index is 11.6. The number of rotatable bonds is 8. The van der Waals surface area contributed by atoms with Gasteiger partial charge in [-0.2, -0.15) is 0 Å². The predicted octanol–water partition coefficient (Wildman–Crippen LogP) is 2.42. The third kappa shape index (κ3) is 5.92. The maximum Gasteiger partial charge on any atom is 0.318 e. The van der Waals surface area contributed by atoms with E-state index in [1.54, 1.807) is 0 Å². The minimum atomic E-state index is -1.23. The topological polar surface area (TPSA) is 54.4 Å². The van der Waals surface area contributed by atoms with E-state index in [9.17, 15) is 9.00 Å². The fourth-order valence-electron chi connectivity index (χ4n) is 1.39. The summed E-state index contributed by atoms with van der Waals surface area (Å²) in [5.74, 6) is -0.0180. The molecular weight excluding hydrogens is 212 g/mol. The molecule has 0 amide bonds. The smallest absolute Gasteiger partial charge is 0.318 e. The van der Waals surface area contributed by atoms with Crippen LogP contribution in [0.15, 0.2) is 0 Å². The first-order valence-electron chi connectivity index (χ1n) is 5.62. The van der Waals surface area contributed by atoms with Crippen molar-refractivity contribution in [3.63, 3.8) is 0 Å². The summed E-state index contributed by atoms with van der Waals surface area (Å²) in [5.41, 5.74) is 0. The summed E-state index contributed by atoms with van der Waals surface area (Å²) in [4.78, 5) is 10.6. The van der Waals surface area contributed by atoms with E-state index in [2.05, 4.69) is 13.8 Å². The van der Waals surface area contributed by atoms with Crippen LogP contribution in [-0.2, 0) is 15.6 Å². The zero-order valence-electron chi connectivity index (χ0n) is 9.86. The average molecular weight is 234 g/mol. The molecule has 0 spiro atoms. The zero-order chi connectivity index (χ0) is 11.8. The third-order valence-electron chi connectivity index (χ3n) is 2.69. The minimum absolute atomic E-state index is 0.410. The van der Waals surface area contributed by atoms with Crippen LogP contribution in [0.25, 0.3) is 0 Å². The molecule has 0 aliphatic carbocycles. The molecule has 15 heavy (non-hydrogen) atoms. The van der Waals surface area contributed by atoms with E-state index in [1.165, 1.54) is 6.92 Å². The number of carbonyl (C=O) groups is 1. The predicted molar refractivity (Wildman–Crippen MR) is 63.4 cm³/mol. The molecule has 0 saturated heterocycles. The Morgan fingerprint density at radius 1 is 1.40 bits per heavy atom. The Morgan fingerprint density at radius 3 is 2.40 bits per heavy atom. The molecule has 3 nitrogen and oxygen atoms in total. The molecule has 0 saturated carbocycles. The summed E-state index contributed by atoms with van der Waals surface area (Å²) >= 11 is 0. The average Bonchev–Trinajstić information content (AvgIpc) is 2.22. The molecule has 0 heterocycles. The van der Waals surface area contributed by atoms with Gasteiger partial charge in [0, 0.05) is 16.6 Å². The lowest BCUT2D eigenvalue weighted by atomic mass is 10.0. The van der Waals surface area contributed by atoms with Crippen molar-refractivity contribution in [1.82, 2.24) is 0 Å². The van der Waals surface area contributed by atoms with Gasteiger partial charge >= 0.3 is 5.97 Å². The van der Waals surface area contributed by atoms with Gasteiger partial charge in [0.15, 0.2) is 0 Å². The summed E-state index contributed by atoms with van der Waals surface area (Å²) in [6.07, 6.45) is 4.32. The van der Waals surface area contributed by atoms with Crippen LogP contribution in [0.5, 0.6) is 0 Å². The Bertz CT molecular complexity index is 216. The first kappa shape index (κ1) is 14.6. The normalized spacial score (nSPS) is 17.0. The Morgan fingerprint density at radius 2 is 2.00 bits per heavy atom. The van der Waals surface area contributed by atoms with E-state index >= 15 is 0 Å². The lowest BCUT2D eigenvalue weighted by Crippen LogP contribution is -2.26. The lowest BCUT2D eigenvalue weighted by Gasteiger charge is -2.15. The highest BCUT2D eigenvalue weighted by Gasteiger charge is 2.21. The quantitative estimate of drug-likeness (QED) is 0.701. The molecule has 90 valence electrons. The molecule has 3 unspecified atom stereocenters. The second-order valence-corrected chi connectivity index (χ2v) is 5.75. The zero-order valence-corrected chi connectivity index (χ0v) is 10.7. The minimum Gasteiger partial charge on any atom is -0.480 e. The Kier molecular flexibility index (Phi) is 7.65. The van der Waals surface area contributed by atoms with Crippen molar-refractivity contribution in [3.8, 4) is 0 Å². The number of unbranched alkanes of at least 4 members (excludes halogenated alkanes) is 1. The third-order valence-corrected chi connectivity index (χ3v) is 4.48. The molecule has 0 rings (SSSR count). The first-order chi connectivity index (χ1) is 7.02. The molecular formula is C11H22O3S. The standard InChI is InChI=1S/C11H22O3S/c1-4-6-7-10(5-2)8-15(14)9(3)11(12)13/h9-10H,4-8H2,1-3H3,(H,12,13). The van der Waals surface area contributed by atoms with Crippen molar-refractivity contribution in [3.05, 3.63) is 0 Å². The Labute approximate surface area is 94.7 Å². The highest BCUT2D eigenvalue weighted by molar-refractivity contribution is 7.86. The largest absolute Gasteiger partial charge is 0.480 e. The number of carboxylic acid groups (broad SMARTS) is 1. The van der Waals surface area contributed by atoms with Gasteiger partial charge in [0.25, 0.3) is 0 Å². The highest BCUT2D eigenvalue weighted by atomic mass is 32.2. The van der Waals surface area contributed by atoms with Crippen LogP contribution in [-0.4, -0.2) is 26.3 Å². The monoisotopic (exact) mass is 234 g/mol. The van der Waals surface area contributed by atoms with Gasteiger partial charge in [-0.25, -0.2) is 0 Å². The molecule has 1 N–H and O–H groups in total. The van der Waals surface area contributed by atoms with Crippen molar-refractivity contribution in [2.45, 2.75) is 51.7 Å². The van der Waals surface area contributed by atoms with Gasteiger partial charge in [-0.15, -0.1) is 0 Å². The highest BCUT2D eigenvalue weighted by Crippen LogP contribution is 2.15. The molecule has 0 radical (unpaired) electrons. The summed E-state index contributed by atoms with van der Waals surface area (Å²) in [6.45, 7) is 5.72. The molecule has 0 aliphatic rings. The van der Waals surface area contributed by atoms with Crippen molar-refractivity contribution >= 4 is 16.8 Å². The number of aliphatic carboxylic acids is 1. The van der Waals surface area contributed by atoms with Crippen LogP contribution in [0.4, 0.5) is 0 Å². The van der Waals surface area contributed by atoms with Crippen LogP contribution in [0, 0.1) is 5.92 Å². The molecule has 0 aromatic rings. The molecule has 0 aromatic heterocycles. The van der Waals surface area contributed by atoms with Crippen molar-refractivity contribution in [2.75, 3.05) is 5.75 Å². The number of carboxylic acids is 1. The first-order valence-corrected chi connectivity index (χ1v) is 7.01. The number of hydrogen-bond acceptors (Lipinski definition) is 2. The maximum atomic E-state index is 11.6. The second-order valence-electron chi connectivity index (χ2n) is 3.94. The van der Waals surface area contributed by atoms with Gasteiger partial charge in [0.1, 0.15) is 5.25 Å². The van der Waals surface area contributed by atoms with E-state index in [-0.39, 0.29) is 0 Å². The summed E-state index contributed by atoms with van der Waals surface area (Å²) in [5, 5.41) is 7.99. The fourth-order valence-corrected chi connectivity index (χ4v) is 2.77. The van der Waals surface area contributed by atoms with Crippen molar-refractivity contribution in [1.29, 1.82) is 0 Å². The van der Waals surface area contributed by atoms with Crippen LogP contribution < -0.4 is 0 Å². The molecule has 4 heteroatoms. The van der Waals surface area contributed by atoms with E-state index < -0.39 is 22.0 Å². The van der Waals surface area contributed by atoms with Gasteiger partial charge in [0.05, 0.1) is 0 Å². The Hall–Kier alpha value is -0.380. The molecule has 0 aliphatic heterocycles. The van der Waals surface area contributed by atoms with Gasteiger partial charge in [-0.05, 0) is 19.3 Å². The van der Waals surface area contributed by atoms with E-state index in [1.807, 2.05) is 0 Å². The molecule has 0 bridgehead atoms. The summed E-state index contributed by atoms with van der Waals surface area (Å²) in [6, 6.07) is 0. The van der Waals surface area contributed by atoms with Crippen molar-refractivity contribution in [2.24, 2.45) is 5.92 Å². The molecule has 3 atom stereocenters. The number of hydrogen-bond donors (Lipinski definition) is 1. The SMILES string of the molecule is CCCCC(CC)CS(=O)C(C)C(=O)O. The van der Waals surface area contributed by atoms with Gasteiger partial charge in [-0.1, -0.05) is 33.1 Å². The summed E-state index contributed by atoms with van der Waals surface area (Å²) in [7, 11) is -1.23. The van der Waals surface area contributed by atoms with Crippen LogP contribution >= 0.6 is 0 Å². The summed E-state index contributed by atoms with van der Waals surface area (Å²) < 4.78 is 11.6. The van der Waals surface area contributed by atoms with Gasteiger partial charge in [0.2, 0.25) is 0 Å². The van der Waals surface area contributed by atoms with E-state index in [0.717, 1.165) is 25.7 Å². The van der Waals surface area contributed by atoms with Gasteiger partial charge in [-0.3, -0.25) is 9.00 Å². The molecule has 0 aromatic carbocycles. The van der Waals surface area contributed by atoms with Crippen LogP contribution in [0.3, 0.4) is 0 Å². The van der Waals surface area contributed by atoms with E-state index in [0.29, 0.717) is 11.7 Å². The Balaban J connectivity index is 4.05. The lowest BCUT2D eigenvalue weighted by molar-refractivity contribution is -0.136. The van der Waals surface area contributed by atoms with Crippen LogP contribution in [0.2, 0.25) is 0 Å². The van der Waals surface area contributed by atoms with Crippen LogP contribution in [0.1, 0.15) is 46.5 Å². The molecule has 0 fully saturated rings. The van der Waals surface area contributed by atoms with Crippen molar-refractivity contribution < 1.29 is 14.1 Å². The second kappa shape index (κ2) is 7.85.